The molecule has 0 fully saturated rings. The third-order valence-corrected chi connectivity index (χ3v) is 5.92. The van der Waals surface area contributed by atoms with Crippen molar-refractivity contribution in [3.8, 4) is 11.1 Å². The topological polar surface area (TPSA) is 64.0 Å². The fourth-order valence-corrected chi connectivity index (χ4v) is 4.15. The highest BCUT2D eigenvalue weighted by molar-refractivity contribution is 7.17. The van der Waals surface area contributed by atoms with Crippen molar-refractivity contribution in [3.63, 3.8) is 0 Å². The lowest BCUT2D eigenvalue weighted by molar-refractivity contribution is -0.118. The van der Waals surface area contributed by atoms with Crippen LogP contribution in [0.15, 0.2) is 71.1 Å². The van der Waals surface area contributed by atoms with E-state index in [0.717, 1.165) is 17.5 Å². The number of hydrogen-bond acceptors (Lipinski definition) is 4. The average Bonchev–Trinajstić information content (AvgIpc) is 3.20. The molecular weight excluding hydrogens is 382 g/mol. The first-order valence-corrected chi connectivity index (χ1v) is 10.4. The number of amides is 1. The molecule has 4 aromatic rings. The highest BCUT2D eigenvalue weighted by atomic mass is 32.1. The summed E-state index contributed by atoms with van der Waals surface area (Å²) in [6.07, 6.45) is 2.40. The van der Waals surface area contributed by atoms with Crippen LogP contribution in [-0.2, 0) is 11.2 Å². The van der Waals surface area contributed by atoms with Gasteiger partial charge in [-0.2, -0.15) is 0 Å². The number of rotatable bonds is 5. The molecule has 2 aromatic heterocycles. The van der Waals surface area contributed by atoms with Gasteiger partial charge in [0, 0.05) is 16.6 Å². The highest BCUT2D eigenvalue weighted by Gasteiger charge is 2.20. The minimum absolute atomic E-state index is 0.209. The van der Waals surface area contributed by atoms with E-state index in [-0.39, 0.29) is 11.5 Å². The van der Waals surface area contributed by atoms with Gasteiger partial charge in [-0.25, -0.2) is 4.98 Å². The van der Waals surface area contributed by atoms with Crippen molar-refractivity contribution < 1.29 is 4.79 Å². The van der Waals surface area contributed by atoms with Crippen molar-refractivity contribution in [2.24, 2.45) is 0 Å². The van der Waals surface area contributed by atoms with Crippen molar-refractivity contribution in [2.75, 3.05) is 5.32 Å². The second-order valence-corrected chi connectivity index (χ2v) is 7.73. The predicted molar refractivity (Wildman–Crippen MR) is 118 cm³/mol. The Balaban J connectivity index is 1.67. The molecule has 29 heavy (non-hydrogen) atoms. The van der Waals surface area contributed by atoms with E-state index >= 15 is 0 Å². The van der Waals surface area contributed by atoms with E-state index in [1.165, 1.54) is 27.8 Å². The van der Waals surface area contributed by atoms with Gasteiger partial charge in [-0.1, -0.05) is 49.4 Å². The monoisotopic (exact) mass is 403 g/mol. The van der Waals surface area contributed by atoms with Gasteiger partial charge in [-0.15, -0.1) is 11.3 Å². The minimum Gasteiger partial charge on any atom is -0.324 e. The number of hydrogen-bond donors (Lipinski definition) is 1. The Morgan fingerprint density at radius 3 is 2.55 bits per heavy atom. The number of carbonyl (C=O) groups excluding carboxylic acids is 1. The first-order chi connectivity index (χ1) is 14.1. The number of fused-ring (bicyclic) bond motifs is 1. The van der Waals surface area contributed by atoms with Crippen LogP contribution in [-0.4, -0.2) is 15.5 Å². The normalized spacial score (nSPS) is 12.1. The summed E-state index contributed by atoms with van der Waals surface area (Å²) in [5.41, 5.74) is 3.51. The summed E-state index contributed by atoms with van der Waals surface area (Å²) in [5.74, 6) is -0.256. The summed E-state index contributed by atoms with van der Waals surface area (Å²) in [5, 5.41) is 5.38. The Hall–Kier alpha value is -3.25. The lowest BCUT2D eigenvalue weighted by Crippen LogP contribution is -2.31. The molecule has 6 heteroatoms. The fourth-order valence-electron chi connectivity index (χ4n) is 3.25. The lowest BCUT2D eigenvalue weighted by Gasteiger charge is -2.15. The van der Waals surface area contributed by atoms with Gasteiger partial charge in [-0.05, 0) is 36.6 Å². The van der Waals surface area contributed by atoms with Crippen LogP contribution in [0.2, 0.25) is 0 Å². The Kier molecular flexibility index (Phi) is 5.27. The van der Waals surface area contributed by atoms with Gasteiger partial charge in [0.2, 0.25) is 5.91 Å². The van der Waals surface area contributed by atoms with Crippen molar-refractivity contribution in [3.05, 3.63) is 82.2 Å². The van der Waals surface area contributed by atoms with E-state index in [4.69, 9.17) is 0 Å². The van der Waals surface area contributed by atoms with E-state index < -0.39 is 6.04 Å². The quantitative estimate of drug-likeness (QED) is 0.516. The second-order valence-electron chi connectivity index (χ2n) is 6.87. The van der Waals surface area contributed by atoms with Gasteiger partial charge >= 0.3 is 0 Å². The van der Waals surface area contributed by atoms with Crippen molar-refractivity contribution in [2.45, 2.75) is 26.3 Å². The summed E-state index contributed by atoms with van der Waals surface area (Å²) in [4.78, 5) is 31.1. The summed E-state index contributed by atoms with van der Waals surface area (Å²) >= 11 is 1.43. The Bertz CT molecular complexity index is 1210. The van der Waals surface area contributed by atoms with Crippen molar-refractivity contribution in [1.29, 1.82) is 0 Å². The zero-order valence-corrected chi connectivity index (χ0v) is 17.1. The molecule has 4 rings (SSSR count). The number of carbonyl (C=O) groups is 1. The molecule has 0 spiro atoms. The number of anilines is 1. The molecule has 0 saturated heterocycles. The van der Waals surface area contributed by atoms with E-state index in [2.05, 4.69) is 17.2 Å². The van der Waals surface area contributed by atoms with E-state index in [0.29, 0.717) is 15.9 Å². The molecule has 2 heterocycles. The number of nitrogens with zero attached hydrogens (tertiary/aromatic N) is 2. The van der Waals surface area contributed by atoms with Crippen LogP contribution in [0.5, 0.6) is 0 Å². The van der Waals surface area contributed by atoms with Crippen molar-refractivity contribution in [1.82, 2.24) is 9.55 Å². The smallest absolute Gasteiger partial charge is 0.263 e. The number of benzene rings is 2. The zero-order valence-electron chi connectivity index (χ0n) is 16.3. The van der Waals surface area contributed by atoms with Gasteiger partial charge < -0.3 is 5.32 Å². The van der Waals surface area contributed by atoms with Crippen LogP contribution in [0.1, 0.15) is 25.5 Å². The Labute approximate surface area is 172 Å². The predicted octanol–water partition coefficient (Wildman–Crippen LogP) is 4.89. The summed E-state index contributed by atoms with van der Waals surface area (Å²) in [6, 6.07) is 16.8. The van der Waals surface area contributed by atoms with E-state index in [9.17, 15) is 9.59 Å². The lowest BCUT2D eigenvalue weighted by atomic mass is 10.1. The first kappa shape index (κ1) is 19.1. The number of aromatic nitrogens is 2. The molecule has 146 valence electrons. The molecule has 1 N–H and O–H groups in total. The van der Waals surface area contributed by atoms with Gasteiger partial charge in [0.1, 0.15) is 10.9 Å². The minimum atomic E-state index is -0.686. The van der Waals surface area contributed by atoms with Crippen LogP contribution in [0, 0.1) is 0 Å². The standard InChI is InChI=1S/C23H21N3O2S/c1-3-16-9-11-18(12-10-16)25-21(27)15(2)26-14-24-22-20(23(26)28)19(13-29-22)17-7-5-4-6-8-17/h4-15H,3H2,1-2H3,(H,25,27)/t15-/m1/s1. The van der Waals surface area contributed by atoms with E-state index in [1.54, 1.807) is 6.92 Å². The maximum Gasteiger partial charge on any atom is 0.263 e. The maximum absolute atomic E-state index is 13.2. The Morgan fingerprint density at radius 1 is 1.14 bits per heavy atom. The Morgan fingerprint density at radius 2 is 1.86 bits per heavy atom. The largest absolute Gasteiger partial charge is 0.324 e. The molecule has 0 unspecified atom stereocenters. The summed E-state index contributed by atoms with van der Waals surface area (Å²) in [6.45, 7) is 3.79. The van der Waals surface area contributed by atoms with Crippen LogP contribution >= 0.6 is 11.3 Å². The van der Waals surface area contributed by atoms with Crippen molar-refractivity contribution >= 4 is 33.1 Å². The molecule has 1 amide bonds. The average molecular weight is 404 g/mol. The fraction of sp³-hybridized carbons (Fsp3) is 0.174. The van der Waals surface area contributed by atoms with Gasteiger partial charge in [0.25, 0.3) is 5.56 Å². The second kappa shape index (κ2) is 8.01. The first-order valence-electron chi connectivity index (χ1n) is 9.52. The molecule has 0 saturated carbocycles. The molecule has 2 aromatic carbocycles. The molecular formula is C23H21N3O2S. The highest BCUT2D eigenvalue weighted by Crippen LogP contribution is 2.30. The SMILES string of the molecule is CCc1ccc(NC(=O)[C@@H](C)n2cnc3scc(-c4ccccc4)c3c2=O)cc1. The molecule has 0 aliphatic carbocycles. The molecule has 0 aliphatic heterocycles. The molecule has 1 atom stereocenters. The number of nitrogens with one attached hydrogen (secondary N) is 1. The third-order valence-electron chi connectivity index (χ3n) is 5.03. The summed E-state index contributed by atoms with van der Waals surface area (Å²) in [7, 11) is 0. The number of aryl methyl sites for hydroxylation is 1. The number of thiophene rings is 1. The molecule has 0 radical (unpaired) electrons. The maximum atomic E-state index is 13.2. The van der Waals surface area contributed by atoms with Crippen LogP contribution < -0.4 is 10.9 Å². The molecule has 0 bridgehead atoms. The van der Waals surface area contributed by atoms with Crippen LogP contribution in [0.25, 0.3) is 21.3 Å². The van der Waals surface area contributed by atoms with Gasteiger partial charge in [-0.3, -0.25) is 14.2 Å². The molecule has 5 nitrogen and oxygen atoms in total. The van der Waals surface area contributed by atoms with Crippen LogP contribution in [0.4, 0.5) is 5.69 Å². The third kappa shape index (κ3) is 3.71. The van der Waals surface area contributed by atoms with Crippen LogP contribution in [0.3, 0.4) is 0 Å². The molecule has 0 aliphatic rings. The van der Waals surface area contributed by atoms with Gasteiger partial charge in [0.15, 0.2) is 0 Å². The summed E-state index contributed by atoms with van der Waals surface area (Å²) < 4.78 is 1.40. The van der Waals surface area contributed by atoms with Gasteiger partial charge in [0.05, 0.1) is 11.7 Å². The van der Waals surface area contributed by atoms with E-state index in [1.807, 2.05) is 60.0 Å². The zero-order chi connectivity index (χ0) is 20.4.